The number of halogens is 1. The predicted octanol–water partition coefficient (Wildman–Crippen LogP) is 1.22. The van der Waals surface area contributed by atoms with E-state index in [1.54, 1.807) is 16.8 Å². The van der Waals surface area contributed by atoms with Crippen molar-refractivity contribution >= 4 is 15.9 Å². The van der Waals surface area contributed by atoms with Gasteiger partial charge in [0.2, 0.25) is 0 Å². The highest BCUT2D eigenvalue weighted by Crippen LogP contribution is 2.12. The summed E-state index contributed by atoms with van der Waals surface area (Å²) in [5.41, 5.74) is 2.11. The predicted molar refractivity (Wildman–Crippen MR) is 91.6 cm³/mol. The summed E-state index contributed by atoms with van der Waals surface area (Å²) in [6, 6.07) is 14.8. The van der Waals surface area contributed by atoms with Crippen molar-refractivity contribution in [3.05, 3.63) is 75.4 Å². The summed E-state index contributed by atoms with van der Waals surface area (Å²) in [5.74, 6) is 0. The van der Waals surface area contributed by atoms with Gasteiger partial charge < -0.3 is 0 Å². The van der Waals surface area contributed by atoms with Crippen molar-refractivity contribution in [2.45, 2.75) is 6.54 Å². The van der Waals surface area contributed by atoms with E-state index in [9.17, 15) is 4.79 Å². The second-order valence-corrected chi connectivity index (χ2v) is 6.14. The fourth-order valence-corrected chi connectivity index (χ4v) is 2.59. The second-order valence-electron chi connectivity index (χ2n) is 5.23. The quantitative estimate of drug-likeness (QED) is 0.512. The first-order valence-electron chi connectivity index (χ1n) is 7.32. The number of benzene rings is 2. The van der Waals surface area contributed by atoms with Gasteiger partial charge >= 0.3 is 5.69 Å². The summed E-state index contributed by atoms with van der Waals surface area (Å²) in [6.45, 7) is 0.325. The molecular formula is C15H11BrN8O. The first kappa shape index (κ1) is 15.4. The number of hydrogen-bond donors (Lipinski definition) is 0. The SMILES string of the molecule is O=c1n(Cc2ccc(-n3cnnn3)cc2)nnn1-c1ccc(Br)cc1. The molecule has 0 bridgehead atoms. The molecule has 0 fully saturated rings. The van der Waals surface area contributed by atoms with Gasteiger partial charge in [-0.3, -0.25) is 0 Å². The minimum absolute atomic E-state index is 0.299. The van der Waals surface area contributed by atoms with E-state index in [2.05, 4.69) is 41.9 Å². The summed E-state index contributed by atoms with van der Waals surface area (Å²) in [5, 5.41) is 18.9. The van der Waals surface area contributed by atoms with Crippen molar-refractivity contribution in [3.8, 4) is 11.4 Å². The topological polar surface area (TPSA) is 96.3 Å². The van der Waals surface area contributed by atoms with E-state index in [1.165, 1.54) is 15.7 Å². The summed E-state index contributed by atoms with van der Waals surface area (Å²) < 4.78 is 5.06. The van der Waals surface area contributed by atoms with Crippen LogP contribution in [0.3, 0.4) is 0 Å². The second kappa shape index (κ2) is 6.40. The third-order valence-electron chi connectivity index (χ3n) is 3.59. The number of aromatic nitrogens is 8. The Morgan fingerprint density at radius 3 is 2.28 bits per heavy atom. The molecule has 0 radical (unpaired) electrons. The van der Waals surface area contributed by atoms with Gasteiger partial charge in [0.25, 0.3) is 0 Å². The van der Waals surface area contributed by atoms with Gasteiger partial charge in [0.05, 0.1) is 17.9 Å². The van der Waals surface area contributed by atoms with E-state index in [-0.39, 0.29) is 5.69 Å². The Morgan fingerprint density at radius 2 is 1.60 bits per heavy atom. The van der Waals surface area contributed by atoms with E-state index in [0.717, 1.165) is 15.7 Å². The van der Waals surface area contributed by atoms with Crippen LogP contribution in [-0.2, 0) is 6.54 Å². The highest BCUT2D eigenvalue weighted by atomic mass is 79.9. The smallest absolute Gasteiger partial charge is 0.244 e. The zero-order valence-corrected chi connectivity index (χ0v) is 14.4. The Balaban J connectivity index is 1.57. The number of nitrogens with zero attached hydrogens (tertiary/aromatic N) is 8. The monoisotopic (exact) mass is 398 g/mol. The number of rotatable bonds is 4. The molecule has 0 unspecified atom stereocenters. The number of hydrogen-bond acceptors (Lipinski definition) is 6. The molecular weight excluding hydrogens is 388 g/mol. The molecule has 4 aromatic rings. The molecule has 2 aromatic heterocycles. The molecule has 0 amide bonds. The van der Waals surface area contributed by atoms with Crippen LogP contribution in [-0.4, -0.2) is 40.0 Å². The lowest BCUT2D eigenvalue weighted by atomic mass is 10.2. The molecule has 10 heteroatoms. The van der Waals surface area contributed by atoms with Crippen LogP contribution in [0.25, 0.3) is 11.4 Å². The molecule has 0 atom stereocenters. The van der Waals surface area contributed by atoms with Crippen LogP contribution in [0.5, 0.6) is 0 Å². The average molecular weight is 399 g/mol. The van der Waals surface area contributed by atoms with Gasteiger partial charge in [-0.05, 0) is 62.8 Å². The molecule has 4 rings (SSSR count). The molecule has 0 aliphatic heterocycles. The summed E-state index contributed by atoms with van der Waals surface area (Å²) >= 11 is 3.36. The molecule has 2 aromatic carbocycles. The minimum atomic E-state index is -0.299. The molecule has 0 N–H and O–H groups in total. The van der Waals surface area contributed by atoms with Gasteiger partial charge in [-0.2, -0.15) is 9.36 Å². The third-order valence-corrected chi connectivity index (χ3v) is 4.12. The Kier molecular flexibility index (Phi) is 3.94. The van der Waals surface area contributed by atoms with E-state index in [0.29, 0.717) is 12.2 Å². The normalized spacial score (nSPS) is 10.9. The molecule has 0 saturated carbocycles. The maximum Gasteiger partial charge on any atom is 0.368 e. The van der Waals surface area contributed by atoms with Gasteiger partial charge in [0.1, 0.15) is 6.33 Å². The minimum Gasteiger partial charge on any atom is -0.244 e. The first-order chi connectivity index (χ1) is 12.2. The molecule has 2 heterocycles. The van der Waals surface area contributed by atoms with Crippen LogP contribution in [0.2, 0.25) is 0 Å². The lowest BCUT2D eigenvalue weighted by Gasteiger charge is -2.02. The molecule has 0 spiro atoms. The van der Waals surface area contributed by atoms with Gasteiger partial charge in [-0.25, -0.2) is 9.48 Å². The van der Waals surface area contributed by atoms with Crippen LogP contribution in [0, 0.1) is 0 Å². The Morgan fingerprint density at radius 1 is 0.880 bits per heavy atom. The van der Waals surface area contributed by atoms with Crippen molar-refractivity contribution in [1.29, 1.82) is 0 Å². The molecule has 0 aliphatic rings. The standard InChI is InChI=1S/C15H11BrN8O/c16-12-3-7-14(8-4-12)24-15(25)22(20-21-24)9-11-1-5-13(6-2-11)23-10-17-18-19-23/h1-8,10H,9H2. The summed E-state index contributed by atoms with van der Waals surface area (Å²) in [4.78, 5) is 12.5. The van der Waals surface area contributed by atoms with Gasteiger partial charge in [-0.15, -0.1) is 5.10 Å². The molecule has 124 valence electrons. The lowest BCUT2D eigenvalue weighted by molar-refractivity contribution is 0.631. The summed E-state index contributed by atoms with van der Waals surface area (Å²) in [6.07, 6.45) is 1.52. The van der Waals surface area contributed by atoms with Crippen LogP contribution in [0.1, 0.15) is 5.56 Å². The van der Waals surface area contributed by atoms with Crippen molar-refractivity contribution < 1.29 is 0 Å². The van der Waals surface area contributed by atoms with Crippen LogP contribution < -0.4 is 5.69 Å². The third kappa shape index (κ3) is 3.11. The molecule has 0 aliphatic carbocycles. The van der Waals surface area contributed by atoms with Crippen molar-refractivity contribution in [2.75, 3.05) is 0 Å². The summed E-state index contributed by atoms with van der Waals surface area (Å²) in [7, 11) is 0. The zero-order chi connectivity index (χ0) is 17.2. The zero-order valence-electron chi connectivity index (χ0n) is 12.8. The maximum atomic E-state index is 12.5. The van der Waals surface area contributed by atoms with E-state index < -0.39 is 0 Å². The van der Waals surface area contributed by atoms with Crippen molar-refractivity contribution in [1.82, 2.24) is 40.0 Å². The average Bonchev–Trinajstić information content (AvgIpc) is 3.28. The number of tetrazole rings is 2. The Hall–Kier alpha value is -3.14. The van der Waals surface area contributed by atoms with E-state index >= 15 is 0 Å². The molecule has 9 nitrogen and oxygen atoms in total. The van der Waals surface area contributed by atoms with E-state index in [1.807, 2.05) is 36.4 Å². The van der Waals surface area contributed by atoms with Gasteiger partial charge in [0.15, 0.2) is 0 Å². The Bertz CT molecular complexity index is 1030. The van der Waals surface area contributed by atoms with E-state index in [4.69, 9.17) is 0 Å². The fourth-order valence-electron chi connectivity index (χ4n) is 2.32. The lowest BCUT2D eigenvalue weighted by Crippen LogP contribution is -2.24. The highest BCUT2D eigenvalue weighted by molar-refractivity contribution is 9.10. The van der Waals surface area contributed by atoms with Crippen molar-refractivity contribution in [3.63, 3.8) is 0 Å². The van der Waals surface area contributed by atoms with Crippen molar-refractivity contribution in [2.24, 2.45) is 0 Å². The molecule has 25 heavy (non-hydrogen) atoms. The van der Waals surface area contributed by atoms with Crippen LogP contribution in [0.15, 0.2) is 64.1 Å². The largest absolute Gasteiger partial charge is 0.368 e. The fraction of sp³-hybridized carbons (Fsp3) is 0.0667. The van der Waals surface area contributed by atoms with Gasteiger partial charge in [-0.1, -0.05) is 28.1 Å². The molecule has 0 saturated heterocycles. The first-order valence-corrected chi connectivity index (χ1v) is 8.11. The van der Waals surface area contributed by atoms with Crippen LogP contribution >= 0.6 is 15.9 Å². The van der Waals surface area contributed by atoms with Gasteiger partial charge in [0, 0.05) is 4.47 Å². The van der Waals surface area contributed by atoms with Crippen LogP contribution in [0.4, 0.5) is 0 Å². The maximum absolute atomic E-state index is 12.5. The highest BCUT2D eigenvalue weighted by Gasteiger charge is 2.09. The Labute approximate surface area is 149 Å².